The highest BCUT2D eigenvalue weighted by atomic mass is 19.1. The normalized spacial score (nSPS) is 17.4. The Balaban J connectivity index is 1.65. The molecule has 1 saturated heterocycles. The van der Waals surface area contributed by atoms with E-state index in [0.29, 0.717) is 11.7 Å². The van der Waals surface area contributed by atoms with Gasteiger partial charge in [-0.1, -0.05) is 6.92 Å². The van der Waals surface area contributed by atoms with Crippen molar-refractivity contribution in [2.45, 2.75) is 39.2 Å². The number of halogens is 1. The van der Waals surface area contributed by atoms with Crippen LogP contribution in [0.2, 0.25) is 0 Å². The molecular formula is C21H35FN4O2. The molecule has 0 saturated carbocycles. The number of hydrogen-bond donors (Lipinski definition) is 3. The summed E-state index contributed by atoms with van der Waals surface area (Å²) in [6, 6.07) is 5.74. The third-order valence-electron chi connectivity index (χ3n) is 4.88. The molecule has 158 valence electrons. The van der Waals surface area contributed by atoms with E-state index in [9.17, 15) is 9.50 Å². The van der Waals surface area contributed by atoms with Crippen LogP contribution >= 0.6 is 0 Å². The van der Waals surface area contributed by atoms with Gasteiger partial charge in [0.1, 0.15) is 24.3 Å². The van der Waals surface area contributed by atoms with Crippen LogP contribution in [-0.4, -0.2) is 67.9 Å². The second-order valence-corrected chi connectivity index (χ2v) is 7.44. The molecule has 28 heavy (non-hydrogen) atoms. The topological polar surface area (TPSA) is 69.1 Å². The van der Waals surface area contributed by atoms with Crippen molar-refractivity contribution in [1.82, 2.24) is 15.5 Å². The first-order valence-corrected chi connectivity index (χ1v) is 10.4. The maximum atomic E-state index is 12.9. The number of hydrogen-bond acceptors (Lipinski definition) is 4. The van der Waals surface area contributed by atoms with Gasteiger partial charge in [0.15, 0.2) is 5.96 Å². The molecule has 6 nitrogen and oxygen atoms in total. The van der Waals surface area contributed by atoms with Crippen molar-refractivity contribution in [2.24, 2.45) is 10.9 Å². The van der Waals surface area contributed by atoms with E-state index in [1.165, 1.54) is 38.1 Å². The van der Waals surface area contributed by atoms with Crippen LogP contribution in [0.3, 0.4) is 0 Å². The van der Waals surface area contributed by atoms with E-state index in [4.69, 9.17) is 4.74 Å². The van der Waals surface area contributed by atoms with Crippen LogP contribution in [0.25, 0.3) is 0 Å². The Bertz CT molecular complexity index is 574. The zero-order chi connectivity index (χ0) is 20.2. The molecule has 0 spiro atoms. The van der Waals surface area contributed by atoms with E-state index in [-0.39, 0.29) is 19.0 Å². The van der Waals surface area contributed by atoms with Crippen LogP contribution in [0.15, 0.2) is 29.3 Å². The summed E-state index contributed by atoms with van der Waals surface area (Å²) in [6.07, 6.45) is 2.94. The first-order chi connectivity index (χ1) is 13.6. The number of aliphatic hydroxyl groups is 1. The fraction of sp³-hybridized carbons (Fsp3) is 0.667. The highest BCUT2D eigenvalue weighted by molar-refractivity contribution is 5.79. The highest BCUT2D eigenvalue weighted by Gasteiger charge is 2.14. The second kappa shape index (κ2) is 12.6. The fourth-order valence-corrected chi connectivity index (χ4v) is 3.11. The first kappa shape index (κ1) is 22.4. The van der Waals surface area contributed by atoms with Crippen molar-refractivity contribution in [3.8, 4) is 5.75 Å². The number of nitrogens with zero attached hydrogens (tertiary/aromatic N) is 2. The largest absolute Gasteiger partial charge is 0.491 e. The predicted octanol–water partition coefficient (Wildman–Crippen LogP) is 2.24. The summed E-state index contributed by atoms with van der Waals surface area (Å²) < 4.78 is 18.3. The second-order valence-electron chi connectivity index (χ2n) is 7.44. The van der Waals surface area contributed by atoms with Crippen molar-refractivity contribution >= 4 is 5.96 Å². The lowest BCUT2D eigenvalue weighted by Crippen LogP contribution is -2.40. The zero-order valence-electron chi connectivity index (χ0n) is 17.2. The quantitative estimate of drug-likeness (QED) is 0.323. The van der Waals surface area contributed by atoms with E-state index in [0.717, 1.165) is 32.0 Å². The molecule has 0 amide bonds. The van der Waals surface area contributed by atoms with Crippen LogP contribution in [0.4, 0.5) is 4.39 Å². The van der Waals surface area contributed by atoms with Gasteiger partial charge in [-0.15, -0.1) is 0 Å². The molecule has 0 aliphatic carbocycles. The molecule has 1 heterocycles. The first-order valence-electron chi connectivity index (χ1n) is 10.4. The van der Waals surface area contributed by atoms with Crippen molar-refractivity contribution in [1.29, 1.82) is 0 Å². The Labute approximate surface area is 168 Å². The number of rotatable bonds is 10. The summed E-state index contributed by atoms with van der Waals surface area (Å²) in [5, 5.41) is 16.6. The van der Waals surface area contributed by atoms with Gasteiger partial charge in [0, 0.05) is 13.1 Å². The number of nitrogens with one attached hydrogen (secondary N) is 2. The summed E-state index contributed by atoms with van der Waals surface area (Å²) >= 11 is 0. The van der Waals surface area contributed by atoms with E-state index >= 15 is 0 Å². The third kappa shape index (κ3) is 8.89. The minimum Gasteiger partial charge on any atom is -0.491 e. The maximum absolute atomic E-state index is 12.9. The monoisotopic (exact) mass is 394 g/mol. The number of guanidine groups is 1. The number of ether oxygens (including phenoxy) is 1. The average Bonchev–Trinajstić information content (AvgIpc) is 2.70. The number of likely N-dealkylation sites (tertiary alicyclic amines) is 1. The van der Waals surface area contributed by atoms with Crippen LogP contribution < -0.4 is 15.4 Å². The Morgan fingerprint density at radius 3 is 2.68 bits per heavy atom. The zero-order valence-corrected chi connectivity index (χ0v) is 17.2. The van der Waals surface area contributed by atoms with Crippen LogP contribution in [-0.2, 0) is 0 Å². The van der Waals surface area contributed by atoms with E-state index in [1.807, 2.05) is 6.92 Å². The maximum Gasteiger partial charge on any atom is 0.191 e. The molecule has 1 unspecified atom stereocenters. The lowest BCUT2D eigenvalue weighted by Gasteiger charge is -2.30. The van der Waals surface area contributed by atoms with Gasteiger partial charge < -0.3 is 25.4 Å². The summed E-state index contributed by atoms with van der Waals surface area (Å²) in [5.74, 6) is 1.78. The van der Waals surface area contributed by atoms with Crippen molar-refractivity contribution in [3.05, 3.63) is 30.1 Å². The van der Waals surface area contributed by atoms with Crippen LogP contribution in [0, 0.1) is 11.7 Å². The minimum absolute atomic E-state index is 0.113. The molecule has 1 fully saturated rings. The lowest BCUT2D eigenvalue weighted by molar-refractivity contribution is 0.114. The molecule has 3 N–H and O–H groups in total. The fourth-order valence-electron chi connectivity index (χ4n) is 3.11. The Morgan fingerprint density at radius 1 is 1.29 bits per heavy atom. The van der Waals surface area contributed by atoms with Crippen molar-refractivity contribution in [2.75, 3.05) is 45.9 Å². The van der Waals surface area contributed by atoms with Gasteiger partial charge in [0.05, 0.1) is 6.54 Å². The molecule has 1 aromatic carbocycles. The number of aliphatic imine (C=N–C) groups is 1. The molecule has 2 rings (SSSR count). The summed E-state index contributed by atoms with van der Waals surface area (Å²) in [5.41, 5.74) is 0. The standard InChI is InChI=1S/C21H35FN4O2/c1-3-23-21(24-11-4-12-26-13-9-17(2)10-14-26)25-15-19(27)16-28-20-7-5-18(22)6-8-20/h5-8,17,19,27H,3-4,9-16H2,1-2H3,(H2,23,24,25). The minimum atomic E-state index is -0.726. The van der Waals surface area contributed by atoms with Gasteiger partial charge in [-0.05, 0) is 76.0 Å². The molecule has 1 atom stereocenters. The van der Waals surface area contributed by atoms with Crippen molar-refractivity contribution in [3.63, 3.8) is 0 Å². The van der Waals surface area contributed by atoms with Gasteiger partial charge in [0.2, 0.25) is 0 Å². The molecule has 1 aliphatic rings. The summed E-state index contributed by atoms with van der Waals surface area (Å²) in [6.45, 7) is 9.82. The Hall–Kier alpha value is -1.86. The molecule has 1 aliphatic heterocycles. The predicted molar refractivity (Wildman–Crippen MR) is 111 cm³/mol. The van der Waals surface area contributed by atoms with Crippen molar-refractivity contribution < 1.29 is 14.2 Å². The number of piperidine rings is 1. The highest BCUT2D eigenvalue weighted by Crippen LogP contribution is 2.15. The van der Waals surface area contributed by atoms with Crippen LogP contribution in [0.5, 0.6) is 5.75 Å². The average molecular weight is 395 g/mol. The third-order valence-corrected chi connectivity index (χ3v) is 4.88. The van der Waals surface area contributed by atoms with E-state index in [2.05, 4.69) is 27.4 Å². The lowest BCUT2D eigenvalue weighted by atomic mass is 9.99. The van der Waals surface area contributed by atoms with E-state index < -0.39 is 6.10 Å². The summed E-state index contributed by atoms with van der Waals surface area (Å²) in [7, 11) is 0. The van der Waals surface area contributed by atoms with Gasteiger partial charge in [0.25, 0.3) is 0 Å². The molecule has 0 aromatic heterocycles. The van der Waals surface area contributed by atoms with Crippen LogP contribution in [0.1, 0.15) is 33.1 Å². The Morgan fingerprint density at radius 2 is 2.00 bits per heavy atom. The van der Waals surface area contributed by atoms with Gasteiger partial charge in [-0.25, -0.2) is 4.39 Å². The summed E-state index contributed by atoms with van der Waals surface area (Å²) in [4.78, 5) is 6.95. The number of benzene rings is 1. The molecular weight excluding hydrogens is 359 g/mol. The van der Waals surface area contributed by atoms with E-state index in [1.54, 1.807) is 12.1 Å². The molecule has 0 radical (unpaired) electrons. The van der Waals surface area contributed by atoms with Gasteiger partial charge >= 0.3 is 0 Å². The molecule has 1 aromatic rings. The molecule has 7 heteroatoms. The smallest absolute Gasteiger partial charge is 0.191 e. The Kier molecular flexibility index (Phi) is 10.1. The van der Waals surface area contributed by atoms with Gasteiger partial charge in [-0.2, -0.15) is 0 Å². The SMILES string of the molecule is CCNC(=NCC(O)COc1ccc(F)cc1)NCCCN1CCC(C)CC1. The molecule has 0 bridgehead atoms. The number of aliphatic hydroxyl groups excluding tert-OH is 1. The van der Waals surface area contributed by atoms with Gasteiger partial charge in [-0.3, -0.25) is 4.99 Å².